The van der Waals surface area contributed by atoms with E-state index in [1.54, 1.807) is 51.1 Å². The minimum atomic E-state index is -1.25. The van der Waals surface area contributed by atoms with Crippen molar-refractivity contribution in [2.24, 2.45) is 11.7 Å². The molecule has 3 atom stereocenters. The largest absolute Gasteiger partial charge is 0.466 e. The van der Waals surface area contributed by atoms with Crippen LogP contribution in [-0.2, 0) is 35.0 Å². The lowest BCUT2D eigenvalue weighted by Gasteiger charge is -2.29. The number of rotatable bonds is 18. The number of aromatic nitrogens is 2. The van der Waals surface area contributed by atoms with Crippen molar-refractivity contribution in [3.05, 3.63) is 71.8 Å². The summed E-state index contributed by atoms with van der Waals surface area (Å²) < 4.78 is 29.5. The smallest absolute Gasteiger partial charge is 0.308 e. The molecule has 3 unspecified atom stereocenters. The Morgan fingerprint density at radius 1 is 1.02 bits per heavy atom. The number of aliphatic hydroxyl groups is 1. The molecule has 12 nitrogen and oxygen atoms in total. The zero-order valence-corrected chi connectivity index (χ0v) is 26.2. The molecule has 46 heavy (non-hydrogen) atoms. The van der Waals surface area contributed by atoms with Crippen molar-refractivity contribution in [1.82, 2.24) is 15.3 Å². The van der Waals surface area contributed by atoms with Gasteiger partial charge < -0.3 is 30.4 Å². The number of nitrogens with two attached hydrogens (primary N) is 1. The molecule has 13 heteroatoms. The highest BCUT2D eigenvalue weighted by molar-refractivity contribution is 5.94. The van der Waals surface area contributed by atoms with Crippen molar-refractivity contribution in [3.8, 4) is 0 Å². The summed E-state index contributed by atoms with van der Waals surface area (Å²) in [6, 6.07) is 11.9. The van der Waals surface area contributed by atoms with E-state index in [-0.39, 0.29) is 51.2 Å². The number of esters is 2. The van der Waals surface area contributed by atoms with Crippen molar-refractivity contribution in [3.63, 3.8) is 0 Å². The average Bonchev–Trinajstić information content (AvgIpc) is 3.01. The normalized spacial score (nSPS) is 13.4. The fraction of sp³-hybridized carbons (Fsp3) is 0.455. The van der Waals surface area contributed by atoms with E-state index in [2.05, 4.69) is 15.3 Å². The van der Waals surface area contributed by atoms with Gasteiger partial charge in [0, 0.05) is 5.92 Å². The Labute approximate surface area is 266 Å². The second kappa shape index (κ2) is 17.3. The number of hydrogen-bond acceptors (Lipinski definition) is 10. The number of fused-ring (bicyclic) bond motifs is 1. The Bertz CT molecular complexity index is 1500. The number of para-hydroxylation sites is 2. The molecule has 0 aliphatic carbocycles. The summed E-state index contributed by atoms with van der Waals surface area (Å²) in [6.07, 6.45) is 0.317. The Kier molecular flexibility index (Phi) is 13.5. The number of amides is 2. The molecule has 1 aromatic heterocycles. The maximum atomic E-state index is 14.0. The summed E-state index contributed by atoms with van der Waals surface area (Å²) in [5.41, 5.74) is 6.53. The lowest BCUT2D eigenvalue weighted by Crippen LogP contribution is -2.46. The summed E-state index contributed by atoms with van der Waals surface area (Å²) in [6.45, 7) is 5.01. The second-order valence-corrected chi connectivity index (χ2v) is 11.4. The van der Waals surface area contributed by atoms with Crippen molar-refractivity contribution in [1.29, 1.82) is 0 Å². The highest BCUT2D eigenvalue weighted by Gasteiger charge is 2.30. The Morgan fingerprint density at radius 3 is 2.39 bits per heavy atom. The summed E-state index contributed by atoms with van der Waals surface area (Å²) in [4.78, 5) is 57.6. The van der Waals surface area contributed by atoms with E-state index in [0.29, 0.717) is 23.0 Å². The van der Waals surface area contributed by atoms with E-state index in [1.165, 1.54) is 24.4 Å². The number of hydrogen-bond donors (Lipinski definition) is 3. The molecule has 0 aliphatic heterocycles. The second-order valence-electron chi connectivity index (χ2n) is 11.4. The molecule has 0 spiro atoms. The van der Waals surface area contributed by atoms with Gasteiger partial charge in [0.25, 0.3) is 5.91 Å². The Morgan fingerprint density at radius 2 is 1.72 bits per heavy atom. The van der Waals surface area contributed by atoms with Crippen molar-refractivity contribution in [2.75, 3.05) is 13.4 Å². The van der Waals surface area contributed by atoms with Crippen LogP contribution in [0.15, 0.2) is 54.7 Å². The quantitative estimate of drug-likeness (QED) is 0.138. The van der Waals surface area contributed by atoms with Crippen LogP contribution in [0.3, 0.4) is 0 Å². The van der Waals surface area contributed by atoms with E-state index in [9.17, 15) is 28.7 Å². The molecule has 0 fully saturated rings. The maximum absolute atomic E-state index is 14.0. The minimum Gasteiger partial charge on any atom is -0.466 e. The first-order valence-electron chi connectivity index (χ1n) is 15.1. The first-order valence-corrected chi connectivity index (χ1v) is 15.1. The van der Waals surface area contributed by atoms with Crippen LogP contribution in [0.2, 0.25) is 0 Å². The van der Waals surface area contributed by atoms with Gasteiger partial charge in [0.2, 0.25) is 5.91 Å². The van der Waals surface area contributed by atoms with Gasteiger partial charge in [0.15, 0.2) is 6.79 Å². The fourth-order valence-corrected chi connectivity index (χ4v) is 4.70. The SMILES string of the molecule is CCOC(=O)CCC(=O)OCOC(C)(C)CCC(CC(O)C(Cc1cccc(F)c1)NC(=O)c1cnc2ccccc2n1)C(N)=O. The number of carbonyl (C=O) groups is 4. The number of nitrogens with one attached hydrogen (secondary N) is 1. The number of aliphatic hydroxyl groups excluding tert-OH is 1. The number of primary amides is 1. The van der Waals surface area contributed by atoms with Gasteiger partial charge in [0.1, 0.15) is 11.5 Å². The lowest BCUT2D eigenvalue weighted by atomic mass is 9.87. The molecule has 3 aromatic rings. The van der Waals surface area contributed by atoms with Gasteiger partial charge in [-0.25, -0.2) is 9.37 Å². The highest BCUT2D eigenvalue weighted by atomic mass is 19.1. The molecule has 3 rings (SSSR count). The summed E-state index contributed by atoms with van der Waals surface area (Å²) >= 11 is 0. The van der Waals surface area contributed by atoms with Crippen molar-refractivity contribution < 1.29 is 42.9 Å². The van der Waals surface area contributed by atoms with E-state index in [4.69, 9.17) is 19.9 Å². The molecule has 0 aliphatic rings. The molecule has 4 N–H and O–H groups in total. The lowest BCUT2D eigenvalue weighted by molar-refractivity contribution is -0.171. The zero-order chi connectivity index (χ0) is 33.7. The summed E-state index contributed by atoms with van der Waals surface area (Å²) in [7, 11) is 0. The van der Waals surface area contributed by atoms with Gasteiger partial charge in [0.05, 0.1) is 54.4 Å². The zero-order valence-electron chi connectivity index (χ0n) is 26.2. The van der Waals surface area contributed by atoms with Gasteiger partial charge in [-0.2, -0.15) is 0 Å². The first-order chi connectivity index (χ1) is 21.9. The van der Waals surface area contributed by atoms with Crippen LogP contribution in [0, 0.1) is 11.7 Å². The van der Waals surface area contributed by atoms with Crippen LogP contribution < -0.4 is 11.1 Å². The maximum Gasteiger partial charge on any atom is 0.308 e. The highest BCUT2D eigenvalue weighted by Crippen LogP contribution is 2.24. The van der Waals surface area contributed by atoms with E-state index >= 15 is 0 Å². The topological polar surface area (TPSA) is 180 Å². The van der Waals surface area contributed by atoms with Gasteiger partial charge in [-0.05, 0) is 76.3 Å². The number of carbonyl (C=O) groups excluding carboxylic acids is 4. The summed E-state index contributed by atoms with van der Waals surface area (Å²) in [5.74, 6) is -3.66. The Balaban J connectivity index is 1.63. The van der Waals surface area contributed by atoms with Crippen molar-refractivity contribution in [2.45, 2.75) is 77.0 Å². The fourth-order valence-electron chi connectivity index (χ4n) is 4.70. The first kappa shape index (κ1) is 36.0. The molecule has 1 heterocycles. The van der Waals surface area contributed by atoms with Crippen LogP contribution in [0.4, 0.5) is 4.39 Å². The van der Waals surface area contributed by atoms with Crippen LogP contribution >= 0.6 is 0 Å². The standard InChI is InChI=1S/C33H41FN4O8/c1-4-44-29(40)12-13-30(41)45-20-46-33(2,3)15-14-22(31(35)42)18-28(39)26(17-21-8-7-9-23(34)16-21)38-32(43)27-19-36-24-10-5-6-11-25(24)37-27/h5-11,16,19,22,26,28,39H,4,12-15,17-18,20H2,1-3H3,(H2,35,42)(H,38,43). The number of benzene rings is 2. The molecule has 0 radical (unpaired) electrons. The van der Waals surface area contributed by atoms with Crippen molar-refractivity contribution >= 4 is 34.8 Å². The van der Waals surface area contributed by atoms with Gasteiger partial charge in [-0.3, -0.25) is 24.2 Å². The van der Waals surface area contributed by atoms with Gasteiger partial charge in [-0.1, -0.05) is 24.3 Å². The molecular formula is C33H41FN4O8. The van der Waals surface area contributed by atoms with Crippen LogP contribution in [-0.4, -0.2) is 70.0 Å². The van der Waals surface area contributed by atoms with E-state index < -0.39 is 53.2 Å². The molecule has 0 bridgehead atoms. The predicted octanol–water partition coefficient (Wildman–Crippen LogP) is 3.38. The summed E-state index contributed by atoms with van der Waals surface area (Å²) in [5, 5.41) is 14.1. The van der Waals surface area contributed by atoms with Crippen LogP contribution in [0.25, 0.3) is 11.0 Å². The molecule has 248 valence electrons. The van der Waals surface area contributed by atoms with E-state index in [0.717, 1.165) is 0 Å². The van der Waals surface area contributed by atoms with Gasteiger partial charge in [-0.15, -0.1) is 0 Å². The third-order valence-electron chi connectivity index (χ3n) is 7.34. The number of halogens is 1. The molecule has 2 amide bonds. The van der Waals surface area contributed by atoms with E-state index in [1.807, 2.05) is 0 Å². The average molecular weight is 641 g/mol. The predicted molar refractivity (Wildman–Crippen MR) is 165 cm³/mol. The molecule has 0 saturated carbocycles. The molecule has 2 aromatic carbocycles. The monoisotopic (exact) mass is 640 g/mol. The Hall–Kier alpha value is -4.49. The number of nitrogens with zero attached hydrogens (tertiary/aromatic N) is 2. The third kappa shape index (κ3) is 11.8. The third-order valence-corrected chi connectivity index (χ3v) is 7.34. The minimum absolute atomic E-state index is 0.0297. The number of ether oxygens (including phenoxy) is 3. The van der Waals surface area contributed by atoms with Crippen LogP contribution in [0.1, 0.15) is 68.9 Å². The molecular weight excluding hydrogens is 599 g/mol. The van der Waals surface area contributed by atoms with Crippen LogP contribution in [0.5, 0.6) is 0 Å². The van der Waals surface area contributed by atoms with Gasteiger partial charge >= 0.3 is 11.9 Å². The molecule has 0 saturated heterocycles.